The average molecular weight is 264 g/mol. The maximum absolute atomic E-state index is 11.8. The van der Waals surface area contributed by atoms with Crippen molar-refractivity contribution in [2.45, 2.75) is 25.3 Å². The number of nitrogens with zero attached hydrogens (tertiary/aromatic N) is 1. The monoisotopic (exact) mass is 264 g/mol. The Morgan fingerprint density at radius 2 is 2.24 bits per heavy atom. The third-order valence-corrected chi connectivity index (χ3v) is 4.05. The van der Waals surface area contributed by atoms with Gasteiger partial charge in [-0.1, -0.05) is 0 Å². The lowest BCUT2D eigenvalue weighted by Gasteiger charge is -2.21. The molecular formula is C10H20N2O4S. The van der Waals surface area contributed by atoms with Gasteiger partial charge in [-0.15, -0.1) is 0 Å². The molecule has 1 amide bonds. The first-order chi connectivity index (χ1) is 7.96. The van der Waals surface area contributed by atoms with Gasteiger partial charge >= 0.3 is 0 Å². The highest BCUT2D eigenvalue weighted by Gasteiger charge is 2.35. The summed E-state index contributed by atoms with van der Waals surface area (Å²) in [6.45, 7) is 1.54. The largest absolute Gasteiger partial charge is 0.385 e. The normalized spacial score (nSPS) is 21.6. The fourth-order valence-electron chi connectivity index (χ4n) is 1.95. The lowest BCUT2D eigenvalue weighted by molar-refractivity contribution is -0.124. The van der Waals surface area contributed by atoms with Gasteiger partial charge in [0.1, 0.15) is 6.04 Å². The molecule has 1 unspecified atom stereocenters. The summed E-state index contributed by atoms with van der Waals surface area (Å²) >= 11 is 0. The number of nitrogens with one attached hydrogen (secondary N) is 1. The number of hydrogen-bond donors (Lipinski definition) is 1. The predicted molar refractivity (Wildman–Crippen MR) is 64.1 cm³/mol. The van der Waals surface area contributed by atoms with Gasteiger partial charge in [0.2, 0.25) is 15.9 Å². The van der Waals surface area contributed by atoms with Gasteiger partial charge in [0.25, 0.3) is 0 Å². The highest BCUT2D eigenvalue weighted by Crippen LogP contribution is 2.20. The van der Waals surface area contributed by atoms with Gasteiger partial charge in [-0.2, -0.15) is 4.31 Å². The van der Waals surface area contributed by atoms with Crippen LogP contribution in [0.25, 0.3) is 0 Å². The summed E-state index contributed by atoms with van der Waals surface area (Å²) in [7, 11) is -1.68. The Morgan fingerprint density at radius 3 is 2.82 bits per heavy atom. The Hall–Kier alpha value is -0.660. The molecule has 0 radical (unpaired) electrons. The van der Waals surface area contributed by atoms with E-state index in [9.17, 15) is 13.2 Å². The predicted octanol–water partition coefficient (Wildman–Crippen LogP) is -0.437. The van der Waals surface area contributed by atoms with Crippen molar-refractivity contribution in [2.24, 2.45) is 0 Å². The molecule has 0 bridgehead atoms. The molecule has 1 fully saturated rings. The average Bonchev–Trinajstić information content (AvgIpc) is 2.72. The van der Waals surface area contributed by atoms with Crippen molar-refractivity contribution in [3.05, 3.63) is 0 Å². The number of carbonyl (C=O) groups is 1. The number of hydrogen-bond acceptors (Lipinski definition) is 4. The van der Waals surface area contributed by atoms with Gasteiger partial charge in [0, 0.05) is 26.8 Å². The Morgan fingerprint density at radius 1 is 1.53 bits per heavy atom. The van der Waals surface area contributed by atoms with Crippen molar-refractivity contribution in [3.8, 4) is 0 Å². The topological polar surface area (TPSA) is 75.7 Å². The summed E-state index contributed by atoms with van der Waals surface area (Å²) in [4.78, 5) is 11.8. The summed E-state index contributed by atoms with van der Waals surface area (Å²) in [5.74, 6) is -0.205. The Balaban J connectivity index is 2.45. The van der Waals surface area contributed by atoms with Gasteiger partial charge in [-0.25, -0.2) is 8.42 Å². The van der Waals surface area contributed by atoms with Crippen LogP contribution in [0.4, 0.5) is 0 Å². The molecule has 1 saturated heterocycles. The SMILES string of the molecule is COCCCNC(=O)C1CCCN1S(C)(=O)=O. The van der Waals surface area contributed by atoms with Crippen LogP contribution in [0.5, 0.6) is 0 Å². The molecule has 1 rings (SSSR count). The van der Waals surface area contributed by atoms with Gasteiger partial charge in [0.05, 0.1) is 6.26 Å². The van der Waals surface area contributed by atoms with E-state index in [1.54, 1.807) is 7.11 Å². The zero-order valence-electron chi connectivity index (χ0n) is 10.3. The number of amides is 1. The maximum Gasteiger partial charge on any atom is 0.238 e. The molecule has 0 aromatic carbocycles. The Bertz CT molecular complexity index is 355. The zero-order valence-corrected chi connectivity index (χ0v) is 11.1. The Labute approximate surface area is 102 Å². The van der Waals surface area contributed by atoms with Gasteiger partial charge in [0.15, 0.2) is 0 Å². The first-order valence-electron chi connectivity index (χ1n) is 5.70. The third-order valence-electron chi connectivity index (χ3n) is 2.76. The molecular weight excluding hydrogens is 244 g/mol. The summed E-state index contributed by atoms with van der Waals surface area (Å²) < 4.78 is 29.0. The molecule has 17 heavy (non-hydrogen) atoms. The summed E-state index contributed by atoms with van der Waals surface area (Å²) in [5.41, 5.74) is 0. The molecule has 1 heterocycles. The highest BCUT2D eigenvalue weighted by atomic mass is 32.2. The first kappa shape index (κ1) is 14.4. The minimum Gasteiger partial charge on any atom is -0.385 e. The van der Waals surface area contributed by atoms with Crippen LogP contribution >= 0.6 is 0 Å². The molecule has 0 aromatic heterocycles. The molecule has 1 aliphatic heterocycles. The third kappa shape index (κ3) is 4.25. The molecule has 6 nitrogen and oxygen atoms in total. The van der Waals surface area contributed by atoms with E-state index in [2.05, 4.69) is 5.32 Å². The van der Waals surface area contributed by atoms with Crippen LogP contribution in [0.1, 0.15) is 19.3 Å². The van der Waals surface area contributed by atoms with Crippen LogP contribution in [0.3, 0.4) is 0 Å². The summed E-state index contributed by atoms with van der Waals surface area (Å²) in [6, 6.07) is -0.535. The lowest BCUT2D eigenvalue weighted by atomic mass is 10.2. The number of rotatable bonds is 6. The second-order valence-corrected chi connectivity index (χ2v) is 6.10. The smallest absolute Gasteiger partial charge is 0.238 e. The fourth-order valence-corrected chi connectivity index (χ4v) is 3.07. The van der Waals surface area contributed by atoms with Gasteiger partial charge in [-0.3, -0.25) is 4.79 Å². The van der Waals surface area contributed by atoms with Crippen molar-refractivity contribution in [1.82, 2.24) is 9.62 Å². The van der Waals surface area contributed by atoms with Crippen molar-refractivity contribution < 1.29 is 17.9 Å². The van der Waals surface area contributed by atoms with E-state index in [0.717, 1.165) is 19.1 Å². The van der Waals surface area contributed by atoms with Crippen LogP contribution in [0.15, 0.2) is 0 Å². The van der Waals surface area contributed by atoms with E-state index >= 15 is 0 Å². The van der Waals surface area contributed by atoms with Gasteiger partial charge in [-0.05, 0) is 19.3 Å². The van der Waals surface area contributed by atoms with Crippen molar-refractivity contribution in [1.29, 1.82) is 0 Å². The first-order valence-corrected chi connectivity index (χ1v) is 7.55. The van der Waals surface area contributed by atoms with Crippen LogP contribution < -0.4 is 5.32 Å². The molecule has 100 valence electrons. The molecule has 1 N–H and O–H groups in total. The molecule has 0 saturated carbocycles. The van der Waals surface area contributed by atoms with E-state index in [1.165, 1.54) is 4.31 Å². The second kappa shape index (κ2) is 6.32. The molecule has 1 atom stereocenters. The van der Waals surface area contributed by atoms with Gasteiger partial charge < -0.3 is 10.1 Å². The van der Waals surface area contributed by atoms with E-state index < -0.39 is 16.1 Å². The molecule has 1 aliphatic rings. The molecule has 7 heteroatoms. The zero-order chi connectivity index (χ0) is 12.9. The standard InChI is InChI=1S/C10H20N2O4S/c1-16-8-4-6-11-10(13)9-5-3-7-12(9)17(2,14)15/h9H,3-8H2,1-2H3,(H,11,13). The number of sulfonamides is 1. The lowest BCUT2D eigenvalue weighted by Crippen LogP contribution is -2.45. The van der Waals surface area contributed by atoms with Crippen LogP contribution in [-0.2, 0) is 19.6 Å². The number of methoxy groups -OCH3 is 1. The van der Waals surface area contributed by atoms with Crippen LogP contribution in [0, 0.1) is 0 Å². The van der Waals surface area contributed by atoms with Crippen LogP contribution in [-0.4, -0.2) is 57.7 Å². The summed E-state index contributed by atoms with van der Waals surface area (Å²) in [6.07, 6.45) is 3.21. The minimum atomic E-state index is -3.28. The van der Waals surface area contributed by atoms with E-state index in [1.807, 2.05) is 0 Å². The van der Waals surface area contributed by atoms with E-state index in [4.69, 9.17) is 4.74 Å². The second-order valence-electron chi connectivity index (χ2n) is 4.17. The van der Waals surface area contributed by atoms with Crippen molar-refractivity contribution in [3.63, 3.8) is 0 Å². The van der Waals surface area contributed by atoms with E-state index in [-0.39, 0.29) is 5.91 Å². The fraction of sp³-hybridized carbons (Fsp3) is 0.900. The van der Waals surface area contributed by atoms with Crippen molar-refractivity contribution in [2.75, 3.05) is 33.1 Å². The molecule has 0 spiro atoms. The summed E-state index contributed by atoms with van der Waals surface area (Å²) in [5, 5.41) is 2.74. The quantitative estimate of drug-likeness (QED) is 0.660. The number of carbonyl (C=O) groups excluding carboxylic acids is 1. The van der Waals surface area contributed by atoms with Crippen molar-refractivity contribution >= 4 is 15.9 Å². The Kier molecular flexibility index (Phi) is 5.35. The van der Waals surface area contributed by atoms with Crippen LogP contribution in [0.2, 0.25) is 0 Å². The maximum atomic E-state index is 11.8. The minimum absolute atomic E-state index is 0.205. The molecule has 0 aromatic rings. The molecule has 0 aliphatic carbocycles. The number of ether oxygens (including phenoxy) is 1. The van der Waals surface area contributed by atoms with E-state index in [0.29, 0.717) is 26.1 Å². The highest BCUT2D eigenvalue weighted by molar-refractivity contribution is 7.88.